The number of piperazine rings is 1. The molecule has 32 heavy (non-hydrogen) atoms. The van der Waals surface area contributed by atoms with Gasteiger partial charge in [0.05, 0.1) is 18.6 Å². The lowest BCUT2D eigenvalue weighted by molar-refractivity contribution is -0.132. The molecule has 8 heteroatoms. The Kier molecular flexibility index (Phi) is 7.33. The normalized spacial score (nSPS) is 15.4. The molecule has 1 amide bonds. The van der Waals surface area contributed by atoms with Crippen molar-refractivity contribution >= 4 is 27.3 Å². The molecule has 1 atom stereocenters. The lowest BCUT2D eigenvalue weighted by Crippen LogP contribution is -2.55. The van der Waals surface area contributed by atoms with E-state index in [1.54, 1.807) is 36.1 Å². The Hall–Kier alpha value is -2.74. The molecule has 1 unspecified atom stereocenters. The third-order valence-corrected chi connectivity index (χ3v) is 7.22. The highest BCUT2D eigenvalue weighted by Gasteiger charge is 2.33. The highest BCUT2D eigenvalue weighted by molar-refractivity contribution is 7.92. The van der Waals surface area contributed by atoms with Crippen LogP contribution in [0.2, 0.25) is 0 Å². The molecular formula is C24H33N3O4S. The van der Waals surface area contributed by atoms with E-state index in [9.17, 15) is 13.2 Å². The number of benzene rings is 2. The average molecular weight is 460 g/mol. The Balaban J connectivity index is 1.73. The van der Waals surface area contributed by atoms with Crippen LogP contribution in [0.3, 0.4) is 0 Å². The van der Waals surface area contributed by atoms with Crippen LogP contribution < -0.4 is 13.9 Å². The van der Waals surface area contributed by atoms with Crippen molar-refractivity contribution in [3.8, 4) is 5.75 Å². The van der Waals surface area contributed by atoms with E-state index in [1.165, 1.54) is 21.1 Å². The molecule has 7 nitrogen and oxygen atoms in total. The minimum Gasteiger partial charge on any atom is -0.494 e. The Bertz CT molecular complexity index is 1050. The predicted molar refractivity (Wildman–Crippen MR) is 129 cm³/mol. The molecule has 3 rings (SSSR count). The largest absolute Gasteiger partial charge is 0.494 e. The third kappa shape index (κ3) is 5.18. The molecule has 0 radical (unpaired) electrons. The van der Waals surface area contributed by atoms with Crippen LogP contribution in [0.4, 0.5) is 11.4 Å². The molecular weight excluding hydrogens is 426 g/mol. The van der Waals surface area contributed by atoms with Crippen LogP contribution in [-0.2, 0) is 14.8 Å². The number of aryl methyl sites for hydroxylation is 1. The maximum atomic E-state index is 13.3. The number of hydrogen-bond acceptors (Lipinski definition) is 5. The predicted octanol–water partition coefficient (Wildman–Crippen LogP) is 3.21. The van der Waals surface area contributed by atoms with Crippen molar-refractivity contribution in [1.29, 1.82) is 0 Å². The van der Waals surface area contributed by atoms with Gasteiger partial charge in [-0.1, -0.05) is 12.1 Å². The molecule has 2 aromatic carbocycles. The first-order valence-corrected chi connectivity index (χ1v) is 12.8. The second-order valence-electron chi connectivity index (χ2n) is 8.19. The molecule has 0 aromatic heterocycles. The summed E-state index contributed by atoms with van der Waals surface area (Å²) < 4.78 is 31.8. The lowest BCUT2D eigenvalue weighted by Gasteiger charge is -2.39. The van der Waals surface area contributed by atoms with Crippen LogP contribution in [0.5, 0.6) is 5.75 Å². The van der Waals surface area contributed by atoms with Gasteiger partial charge < -0.3 is 14.5 Å². The highest BCUT2D eigenvalue weighted by atomic mass is 32.2. The van der Waals surface area contributed by atoms with Crippen molar-refractivity contribution in [3.63, 3.8) is 0 Å². The number of hydrogen-bond donors (Lipinski definition) is 0. The van der Waals surface area contributed by atoms with E-state index in [2.05, 4.69) is 36.9 Å². The maximum Gasteiger partial charge on any atom is 0.246 e. The lowest BCUT2D eigenvalue weighted by atomic mass is 10.1. The maximum absolute atomic E-state index is 13.3. The summed E-state index contributed by atoms with van der Waals surface area (Å²) in [4.78, 5) is 17.3. The molecule has 1 heterocycles. The molecule has 1 aliphatic rings. The van der Waals surface area contributed by atoms with Crippen LogP contribution in [0.1, 0.15) is 25.0 Å². The van der Waals surface area contributed by atoms with Gasteiger partial charge in [0.15, 0.2) is 0 Å². The van der Waals surface area contributed by atoms with E-state index in [4.69, 9.17) is 4.74 Å². The van der Waals surface area contributed by atoms with Gasteiger partial charge in [-0.25, -0.2) is 8.42 Å². The van der Waals surface area contributed by atoms with Crippen molar-refractivity contribution in [3.05, 3.63) is 53.6 Å². The number of anilines is 2. The van der Waals surface area contributed by atoms with E-state index >= 15 is 0 Å². The van der Waals surface area contributed by atoms with Gasteiger partial charge in [0.25, 0.3) is 0 Å². The Labute approximate surface area is 191 Å². The average Bonchev–Trinajstić information content (AvgIpc) is 2.76. The van der Waals surface area contributed by atoms with Crippen molar-refractivity contribution in [2.45, 2.75) is 33.7 Å². The van der Waals surface area contributed by atoms with E-state index < -0.39 is 16.1 Å². The van der Waals surface area contributed by atoms with Gasteiger partial charge in [-0.15, -0.1) is 0 Å². The van der Waals surface area contributed by atoms with E-state index in [0.717, 1.165) is 6.26 Å². The smallest absolute Gasteiger partial charge is 0.246 e. The summed E-state index contributed by atoms with van der Waals surface area (Å²) in [6.07, 6.45) is 1.13. The number of amides is 1. The Morgan fingerprint density at radius 3 is 2.25 bits per heavy atom. The van der Waals surface area contributed by atoms with Crippen molar-refractivity contribution in [1.82, 2.24) is 4.90 Å². The minimum atomic E-state index is -3.66. The number of nitrogens with zero attached hydrogens (tertiary/aromatic N) is 3. The number of carbonyl (C=O) groups excluding carboxylic acids is 1. The second-order valence-corrected chi connectivity index (χ2v) is 10.1. The fourth-order valence-corrected chi connectivity index (χ4v) is 5.34. The molecule has 0 aliphatic carbocycles. The zero-order chi connectivity index (χ0) is 23.5. The van der Waals surface area contributed by atoms with Crippen LogP contribution in [0.25, 0.3) is 0 Å². The van der Waals surface area contributed by atoms with Crippen molar-refractivity contribution in [2.75, 3.05) is 48.2 Å². The van der Waals surface area contributed by atoms with Crippen LogP contribution in [-0.4, -0.2) is 64.3 Å². The topological polar surface area (TPSA) is 70.2 Å². The van der Waals surface area contributed by atoms with Gasteiger partial charge in [-0.3, -0.25) is 9.10 Å². The van der Waals surface area contributed by atoms with Crippen molar-refractivity contribution in [2.24, 2.45) is 0 Å². The molecule has 1 aliphatic heterocycles. The standard InChI is InChI=1S/C24H33N3O4S/c1-6-31-22-12-10-21(11-13-22)27(32(5,29)30)20(4)24(28)26-16-14-25(15-17-26)23-9-7-8-18(2)19(23)3/h7-13,20H,6,14-17H2,1-5H3. The fourth-order valence-electron chi connectivity index (χ4n) is 4.17. The first-order valence-electron chi connectivity index (χ1n) is 11.0. The summed E-state index contributed by atoms with van der Waals surface area (Å²) in [5.74, 6) is 0.469. The first-order chi connectivity index (χ1) is 15.1. The Morgan fingerprint density at radius 2 is 1.69 bits per heavy atom. The van der Waals surface area contributed by atoms with E-state index in [-0.39, 0.29) is 5.91 Å². The Morgan fingerprint density at radius 1 is 1.06 bits per heavy atom. The molecule has 0 saturated carbocycles. The third-order valence-electron chi connectivity index (χ3n) is 5.98. The monoisotopic (exact) mass is 459 g/mol. The first kappa shape index (κ1) is 23.9. The molecule has 174 valence electrons. The highest BCUT2D eigenvalue weighted by Crippen LogP contribution is 2.26. The van der Waals surface area contributed by atoms with Gasteiger partial charge >= 0.3 is 0 Å². The van der Waals surface area contributed by atoms with Crippen LogP contribution >= 0.6 is 0 Å². The van der Waals surface area contributed by atoms with E-state index in [1.807, 2.05) is 6.92 Å². The van der Waals surface area contributed by atoms with E-state index in [0.29, 0.717) is 44.2 Å². The summed E-state index contributed by atoms with van der Waals surface area (Å²) in [6, 6.07) is 12.2. The zero-order valence-corrected chi connectivity index (χ0v) is 20.4. The molecule has 1 fully saturated rings. The number of carbonyl (C=O) groups is 1. The summed E-state index contributed by atoms with van der Waals surface area (Å²) in [6.45, 7) is 10.8. The molecule has 0 bridgehead atoms. The molecule has 2 aromatic rings. The summed E-state index contributed by atoms with van der Waals surface area (Å²) in [5, 5.41) is 0. The fraction of sp³-hybridized carbons (Fsp3) is 0.458. The summed E-state index contributed by atoms with van der Waals surface area (Å²) >= 11 is 0. The second kappa shape index (κ2) is 9.81. The van der Waals surface area contributed by atoms with Crippen LogP contribution in [0, 0.1) is 13.8 Å². The SMILES string of the molecule is CCOc1ccc(N(C(C)C(=O)N2CCN(c3cccc(C)c3C)CC2)S(C)(=O)=O)cc1. The van der Waals surface area contributed by atoms with Crippen LogP contribution in [0.15, 0.2) is 42.5 Å². The quantitative estimate of drug-likeness (QED) is 0.636. The van der Waals surface area contributed by atoms with Gasteiger partial charge in [0, 0.05) is 31.9 Å². The zero-order valence-electron chi connectivity index (χ0n) is 19.5. The van der Waals surface area contributed by atoms with Gasteiger partial charge in [0.1, 0.15) is 11.8 Å². The molecule has 0 N–H and O–H groups in total. The summed E-state index contributed by atoms with van der Waals surface area (Å²) in [7, 11) is -3.66. The molecule has 1 saturated heterocycles. The van der Waals surface area contributed by atoms with Gasteiger partial charge in [0.2, 0.25) is 15.9 Å². The van der Waals surface area contributed by atoms with Gasteiger partial charge in [-0.2, -0.15) is 0 Å². The summed E-state index contributed by atoms with van der Waals surface area (Å²) in [5.41, 5.74) is 4.14. The van der Waals surface area contributed by atoms with Gasteiger partial charge in [-0.05, 0) is 69.2 Å². The number of sulfonamides is 1. The van der Waals surface area contributed by atoms with Crippen molar-refractivity contribution < 1.29 is 17.9 Å². The molecule has 0 spiro atoms. The number of ether oxygens (including phenoxy) is 1. The minimum absolute atomic E-state index is 0.190. The number of rotatable bonds is 7.